The molecule has 1 heterocycles. The second kappa shape index (κ2) is 5.31. The Labute approximate surface area is 101 Å². The molecule has 1 amide bonds. The zero-order valence-electron chi connectivity index (χ0n) is 10.2. The third kappa shape index (κ3) is 3.06. The minimum absolute atomic E-state index is 0.0898. The molecule has 1 aliphatic carbocycles. The third-order valence-corrected chi connectivity index (χ3v) is 3.45. The lowest BCUT2D eigenvalue weighted by Gasteiger charge is -2.25. The molecule has 5 nitrogen and oxygen atoms in total. The lowest BCUT2D eigenvalue weighted by molar-refractivity contribution is -0.126. The maximum absolute atomic E-state index is 12.0. The lowest BCUT2D eigenvalue weighted by Crippen LogP contribution is -2.37. The van der Waals surface area contributed by atoms with Crippen LogP contribution in [-0.2, 0) is 18.4 Å². The molecule has 0 aliphatic heterocycles. The minimum Gasteiger partial charge on any atom is -0.350 e. The van der Waals surface area contributed by atoms with E-state index in [0.717, 1.165) is 31.4 Å². The van der Waals surface area contributed by atoms with Gasteiger partial charge in [0.2, 0.25) is 5.91 Å². The first kappa shape index (κ1) is 12.1. The number of carbonyl (C=O) groups is 1. The van der Waals surface area contributed by atoms with Crippen molar-refractivity contribution in [3.8, 4) is 0 Å². The topological polar surface area (TPSA) is 72.9 Å². The van der Waals surface area contributed by atoms with Gasteiger partial charge in [0.25, 0.3) is 0 Å². The number of amides is 1. The number of rotatable bonds is 3. The summed E-state index contributed by atoms with van der Waals surface area (Å²) in [6.45, 7) is 0.543. The minimum atomic E-state index is 0.0898. The second-order valence-electron chi connectivity index (χ2n) is 4.79. The van der Waals surface area contributed by atoms with E-state index in [1.165, 1.54) is 0 Å². The summed E-state index contributed by atoms with van der Waals surface area (Å²) in [5.74, 6) is 0.216. The van der Waals surface area contributed by atoms with Crippen molar-refractivity contribution in [1.82, 2.24) is 15.1 Å². The third-order valence-electron chi connectivity index (χ3n) is 3.45. The number of hydrogen-bond donors (Lipinski definition) is 2. The lowest BCUT2D eigenvalue weighted by atomic mass is 9.85. The van der Waals surface area contributed by atoms with Gasteiger partial charge in [-0.2, -0.15) is 5.10 Å². The van der Waals surface area contributed by atoms with Gasteiger partial charge in [-0.05, 0) is 25.3 Å². The molecule has 5 heteroatoms. The van der Waals surface area contributed by atoms with E-state index in [1.807, 2.05) is 13.1 Å². The molecule has 17 heavy (non-hydrogen) atoms. The van der Waals surface area contributed by atoms with Crippen LogP contribution in [0.1, 0.15) is 31.4 Å². The van der Waals surface area contributed by atoms with Crippen LogP contribution in [0, 0.1) is 5.92 Å². The van der Waals surface area contributed by atoms with Crippen LogP contribution < -0.4 is 11.1 Å². The van der Waals surface area contributed by atoms with Gasteiger partial charge in [0.15, 0.2) is 0 Å². The monoisotopic (exact) mass is 236 g/mol. The molecule has 2 rings (SSSR count). The van der Waals surface area contributed by atoms with Crippen molar-refractivity contribution in [2.45, 2.75) is 38.3 Å². The van der Waals surface area contributed by atoms with Crippen LogP contribution in [0.15, 0.2) is 12.3 Å². The maximum Gasteiger partial charge on any atom is 0.223 e. The van der Waals surface area contributed by atoms with Crippen LogP contribution >= 0.6 is 0 Å². The van der Waals surface area contributed by atoms with Gasteiger partial charge in [0, 0.05) is 25.2 Å². The fourth-order valence-electron chi connectivity index (χ4n) is 2.36. The molecule has 94 valence electrons. The summed E-state index contributed by atoms with van der Waals surface area (Å²) >= 11 is 0. The highest BCUT2D eigenvalue weighted by Gasteiger charge is 2.25. The molecule has 1 fully saturated rings. The van der Waals surface area contributed by atoms with E-state index in [2.05, 4.69) is 10.4 Å². The van der Waals surface area contributed by atoms with Crippen molar-refractivity contribution in [2.24, 2.45) is 18.7 Å². The van der Waals surface area contributed by atoms with Crippen molar-refractivity contribution in [1.29, 1.82) is 0 Å². The van der Waals surface area contributed by atoms with Gasteiger partial charge in [-0.25, -0.2) is 0 Å². The van der Waals surface area contributed by atoms with E-state index in [4.69, 9.17) is 5.73 Å². The van der Waals surface area contributed by atoms with Gasteiger partial charge in [-0.3, -0.25) is 9.48 Å². The highest BCUT2D eigenvalue weighted by atomic mass is 16.1. The van der Waals surface area contributed by atoms with Crippen molar-refractivity contribution >= 4 is 5.91 Å². The quantitative estimate of drug-likeness (QED) is 0.805. The van der Waals surface area contributed by atoms with Crippen LogP contribution in [0.3, 0.4) is 0 Å². The second-order valence-corrected chi connectivity index (χ2v) is 4.79. The molecule has 0 radical (unpaired) electrons. The molecule has 3 N–H and O–H groups in total. The molecule has 0 spiro atoms. The number of nitrogens with one attached hydrogen (secondary N) is 1. The average molecular weight is 236 g/mol. The predicted molar refractivity (Wildman–Crippen MR) is 65.0 cm³/mol. The Morgan fingerprint density at radius 2 is 2.47 bits per heavy atom. The Morgan fingerprint density at radius 3 is 3.12 bits per heavy atom. The molecule has 2 atom stereocenters. The smallest absolute Gasteiger partial charge is 0.223 e. The van der Waals surface area contributed by atoms with Crippen LogP contribution in [0.2, 0.25) is 0 Å². The van der Waals surface area contributed by atoms with Gasteiger partial charge in [-0.1, -0.05) is 6.42 Å². The van der Waals surface area contributed by atoms with Crippen LogP contribution in [0.25, 0.3) is 0 Å². The predicted octanol–water partition coefficient (Wildman–Crippen LogP) is 0.554. The Bertz CT molecular complexity index is 388. The zero-order chi connectivity index (χ0) is 12.3. The van der Waals surface area contributed by atoms with Crippen LogP contribution in [0.4, 0.5) is 0 Å². The highest BCUT2D eigenvalue weighted by Crippen LogP contribution is 2.23. The number of aromatic nitrogens is 2. The first-order chi connectivity index (χ1) is 8.16. The molecule has 0 saturated heterocycles. The summed E-state index contributed by atoms with van der Waals surface area (Å²) in [5, 5.41) is 7.03. The summed E-state index contributed by atoms with van der Waals surface area (Å²) in [6, 6.07) is 2.10. The fourth-order valence-corrected chi connectivity index (χ4v) is 2.36. The number of nitrogens with two attached hydrogens (primary N) is 1. The average Bonchev–Trinajstić information content (AvgIpc) is 2.72. The Kier molecular flexibility index (Phi) is 3.78. The van der Waals surface area contributed by atoms with E-state index in [0.29, 0.717) is 6.54 Å². The molecule has 1 aromatic rings. The molecule has 1 saturated carbocycles. The van der Waals surface area contributed by atoms with E-state index >= 15 is 0 Å². The molecular formula is C12H20N4O. The van der Waals surface area contributed by atoms with E-state index in [9.17, 15) is 4.79 Å². The van der Waals surface area contributed by atoms with Gasteiger partial charge in [0.05, 0.1) is 12.2 Å². The van der Waals surface area contributed by atoms with Crippen molar-refractivity contribution in [3.05, 3.63) is 18.0 Å². The van der Waals surface area contributed by atoms with E-state index in [1.54, 1.807) is 10.9 Å². The standard InChI is InChI=1S/C12H20N4O/c1-16-11(5-6-15-16)8-14-12(17)9-3-2-4-10(13)7-9/h5-6,9-10H,2-4,7-8,13H2,1H3,(H,14,17). The number of nitrogens with zero attached hydrogens (tertiary/aromatic N) is 2. The Hall–Kier alpha value is -1.36. The molecule has 0 aromatic carbocycles. The van der Waals surface area contributed by atoms with Crippen molar-refractivity contribution in [3.63, 3.8) is 0 Å². The normalized spacial score (nSPS) is 24.6. The summed E-state index contributed by atoms with van der Waals surface area (Å²) in [7, 11) is 1.87. The van der Waals surface area contributed by atoms with Gasteiger partial charge in [-0.15, -0.1) is 0 Å². The molecule has 0 bridgehead atoms. The van der Waals surface area contributed by atoms with E-state index in [-0.39, 0.29) is 17.9 Å². The summed E-state index contributed by atoms with van der Waals surface area (Å²) in [6.07, 6.45) is 5.62. The Morgan fingerprint density at radius 1 is 1.65 bits per heavy atom. The Balaban J connectivity index is 1.83. The molecular weight excluding hydrogens is 216 g/mol. The van der Waals surface area contributed by atoms with Gasteiger partial charge in [0.1, 0.15) is 0 Å². The largest absolute Gasteiger partial charge is 0.350 e. The van der Waals surface area contributed by atoms with Gasteiger partial charge < -0.3 is 11.1 Å². The van der Waals surface area contributed by atoms with Crippen LogP contribution in [-0.4, -0.2) is 21.7 Å². The maximum atomic E-state index is 12.0. The molecule has 1 aromatic heterocycles. The summed E-state index contributed by atoms with van der Waals surface area (Å²) in [4.78, 5) is 12.0. The first-order valence-corrected chi connectivity index (χ1v) is 6.17. The van der Waals surface area contributed by atoms with Crippen molar-refractivity contribution < 1.29 is 4.79 Å². The van der Waals surface area contributed by atoms with Gasteiger partial charge >= 0.3 is 0 Å². The molecule has 1 aliphatic rings. The summed E-state index contributed by atoms with van der Waals surface area (Å²) in [5.41, 5.74) is 6.90. The van der Waals surface area contributed by atoms with E-state index < -0.39 is 0 Å². The number of hydrogen-bond acceptors (Lipinski definition) is 3. The van der Waals surface area contributed by atoms with Crippen molar-refractivity contribution in [2.75, 3.05) is 0 Å². The first-order valence-electron chi connectivity index (χ1n) is 6.17. The number of carbonyl (C=O) groups excluding carboxylic acids is 1. The fraction of sp³-hybridized carbons (Fsp3) is 0.667. The zero-order valence-corrected chi connectivity index (χ0v) is 10.2. The number of aryl methyl sites for hydroxylation is 1. The summed E-state index contributed by atoms with van der Waals surface area (Å²) < 4.78 is 1.77. The molecule has 2 unspecified atom stereocenters. The highest BCUT2D eigenvalue weighted by molar-refractivity contribution is 5.78. The SMILES string of the molecule is Cn1nccc1CNC(=O)C1CCCC(N)C1. The van der Waals surface area contributed by atoms with Crippen LogP contribution in [0.5, 0.6) is 0 Å².